The number of hydrogen-bond donors (Lipinski definition) is 0. The Labute approximate surface area is 115 Å². The molecule has 1 rings (SSSR count). The third-order valence-electron chi connectivity index (χ3n) is 3.26. The lowest BCUT2D eigenvalue weighted by Gasteiger charge is -2.27. The first-order valence-electron chi connectivity index (χ1n) is 6.57. The second-order valence-electron chi connectivity index (χ2n) is 4.74. The zero-order valence-corrected chi connectivity index (χ0v) is 12.6. The van der Waals surface area contributed by atoms with Crippen LogP contribution in [-0.2, 0) is 16.4 Å². The fraction of sp³-hybridized carbons (Fsp3) is 0.571. The molecule has 0 saturated carbocycles. The van der Waals surface area contributed by atoms with Gasteiger partial charge >= 0.3 is 0 Å². The number of sulfone groups is 1. The molecular weight excluding hydrogens is 265 g/mol. The number of halogens is 1. The van der Waals surface area contributed by atoms with Crippen molar-refractivity contribution in [3.05, 3.63) is 35.6 Å². The van der Waals surface area contributed by atoms with E-state index in [1.54, 1.807) is 19.1 Å². The van der Waals surface area contributed by atoms with E-state index in [1.165, 1.54) is 12.1 Å². The minimum Gasteiger partial charge on any atom is -0.296 e. The van der Waals surface area contributed by atoms with Crippen molar-refractivity contribution >= 4 is 9.84 Å². The molecule has 0 heterocycles. The molecule has 0 saturated heterocycles. The molecule has 1 aromatic rings. The minimum atomic E-state index is -2.97. The highest BCUT2D eigenvalue weighted by Crippen LogP contribution is 2.11. The Hall–Kier alpha value is -0.940. The lowest BCUT2D eigenvalue weighted by molar-refractivity contribution is 0.226. The predicted octanol–water partition coefficient (Wildman–Crippen LogP) is 2.47. The average molecular weight is 287 g/mol. The molecule has 1 unspecified atom stereocenters. The van der Waals surface area contributed by atoms with Gasteiger partial charge in [-0.1, -0.05) is 26.0 Å². The normalized spacial score (nSPS) is 13.7. The van der Waals surface area contributed by atoms with Gasteiger partial charge in [-0.25, -0.2) is 12.8 Å². The van der Waals surface area contributed by atoms with Crippen LogP contribution in [0.25, 0.3) is 0 Å². The van der Waals surface area contributed by atoms with Crippen LogP contribution < -0.4 is 0 Å². The fourth-order valence-electron chi connectivity index (χ4n) is 1.99. The molecule has 0 aliphatic rings. The van der Waals surface area contributed by atoms with Gasteiger partial charge in [-0.2, -0.15) is 0 Å². The monoisotopic (exact) mass is 287 g/mol. The quantitative estimate of drug-likeness (QED) is 0.773. The van der Waals surface area contributed by atoms with E-state index in [-0.39, 0.29) is 23.4 Å². The molecule has 5 heteroatoms. The lowest BCUT2D eigenvalue weighted by Crippen LogP contribution is -2.37. The van der Waals surface area contributed by atoms with Gasteiger partial charge < -0.3 is 0 Å². The highest BCUT2D eigenvalue weighted by molar-refractivity contribution is 7.91. The van der Waals surface area contributed by atoms with Gasteiger partial charge in [0.2, 0.25) is 0 Å². The molecule has 108 valence electrons. The van der Waals surface area contributed by atoms with E-state index in [9.17, 15) is 12.8 Å². The van der Waals surface area contributed by atoms with Crippen LogP contribution in [0.15, 0.2) is 24.3 Å². The molecule has 0 aliphatic carbocycles. The maximum Gasteiger partial charge on any atom is 0.151 e. The van der Waals surface area contributed by atoms with Gasteiger partial charge in [0, 0.05) is 18.3 Å². The Morgan fingerprint density at radius 3 is 2.26 bits per heavy atom. The first-order valence-corrected chi connectivity index (χ1v) is 8.39. The molecule has 1 aromatic carbocycles. The van der Waals surface area contributed by atoms with Crippen molar-refractivity contribution in [3.63, 3.8) is 0 Å². The lowest BCUT2D eigenvalue weighted by atomic mass is 10.2. The molecule has 0 bridgehead atoms. The molecule has 0 radical (unpaired) electrons. The molecule has 0 amide bonds. The third kappa shape index (κ3) is 5.28. The largest absolute Gasteiger partial charge is 0.296 e. The summed E-state index contributed by atoms with van der Waals surface area (Å²) in [6, 6.07) is 6.28. The van der Waals surface area contributed by atoms with Crippen molar-refractivity contribution in [2.24, 2.45) is 0 Å². The summed E-state index contributed by atoms with van der Waals surface area (Å²) in [5, 5.41) is 0. The van der Waals surface area contributed by atoms with Crippen molar-refractivity contribution in [2.75, 3.05) is 18.1 Å². The van der Waals surface area contributed by atoms with Crippen molar-refractivity contribution < 1.29 is 12.8 Å². The first-order chi connectivity index (χ1) is 8.88. The van der Waals surface area contributed by atoms with Crippen molar-refractivity contribution in [1.82, 2.24) is 4.90 Å². The van der Waals surface area contributed by atoms with Gasteiger partial charge in [-0.3, -0.25) is 4.90 Å². The zero-order chi connectivity index (χ0) is 14.5. The smallest absolute Gasteiger partial charge is 0.151 e. The van der Waals surface area contributed by atoms with Crippen LogP contribution in [0.1, 0.15) is 26.3 Å². The van der Waals surface area contributed by atoms with Crippen LogP contribution >= 0.6 is 0 Å². The number of benzene rings is 1. The summed E-state index contributed by atoms with van der Waals surface area (Å²) in [6.07, 6.45) is 0. The van der Waals surface area contributed by atoms with Gasteiger partial charge in [0.1, 0.15) is 5.82 Å². The Morgan fingerprint density at radius 2 is 1.79 bits per heavy atom. The van der Waals surface area contributed by atoms with E-state index in [0.717, 1.165) is 12.1 Å². The zero-order valence-electron chi connectivity index (χ0n) is 11.8. The van der Waals surface area contributed by atoms with Gasteiger partial charge in [-0.05, 0) is 31.2 Å². The molecule has 3 nitrogen and oxygen atoms in total. The van der Waals surface area contributed by atoms with E-state index < -0.39 is 9.84 Å². The molecule has 0 N–H and O–H groups in total. The van der Waals surface area contributed by atoms with Crippen LogP contribution in [0.4, 0.5) is 4.39 Å². The highest BCUT2D eigenvalue weighted by Gasteiger charge is 2.19. The molecule has 0 aliphatic heterocycles. The van der Waals surface area contributed by atoms with Crippen molar-refractivity contribution in [2.45, 2.75) is 33.4 Å². The van der Waals surface area contributed by atoms with Crippen LogP contribution in [0.5, 0.6) is 0 Å². The summed E-state index contributed by atoms with van der Waals surface area (Å²) in [5.41, 5.74) is 0.990. The van der Waals surface area contributed by atoms with Gasteiger partial charge in [0.05, 0.1) is 5.75 Å². The topological polar surface area (TPSA) is 37.4 Å². The van der Waals surface area contributed by atoms with E-state index in [2.05, 4.69) is 4.90 Å². The van der Waals surface area contributed by atoms with Crippen LogP contribution in [0.3, 0.4) is 0 Å². The van der Waals surface area contributed by atoms with Crippen LogP contribution in [0.2, 0.25) is 0 Å². The molecule has 0 fully saturated rings. The first kappa shape index (κ1) is 16.1. The Bertz CT molecular complexity index is 485. The molecule has 0 aromatic heterocycles. The average Bonchev–Trinajstić information content (AvgIpc) is 2.37. The van der Waals surface area contributed by atoms with E-state index in [4.69, 9.17) is 0 Å². The number of nitrogens with zero attached hydrogens (tertiary/aromatic N) is 1. The molecule has 19 heavy (non-hydrogen) atoms. The van der Waals surface area contributed by atoms with E-state index >= 15 is 0 Å². The van der Waals surface area contributed by atoms with Gasteiger partial charge in [-0.15, -0.1) is 0 Å². The summed E-state index contributed by atoms with van der Waals surface area (Å²) in [4.78, 5) is 2.08. The highest BCUT2D eigenvalue weighted by atomic mass is 32.2. The molecular formula is C14H22FNO2S. The molecule has 1 atom stereocenters. The van der Waals surface area contributed by atoms with Gasteiger partial charge in [0.15, 0.2) is 9.84 Å². The fourth-order valence-corrected chi connectivity index (χ4v) is 3.18. The number of hydrogen-bond acceptors (Lipinski definition) is 3. The minimum absolute atomic E-state index is 0.0417. The second-order valence-corrected chi connectivity index (χ2v) is 7.14. The summed E-state index contributed by atoms with van der Waals surface area (Å²) >= 11 is 0. The maximum absolute atomic E-state index is 12.8. The standard InChI is InChI=1S/C14H22FNO2S/c1-4-16(12(3)11-19(17,18)5-2)10-13-6-8-14(15)9-7-13/h6-9,12H,4-5,10-11H2,1-3H3. The molecule has 0 spiro atoms. The van der Waals surface area contributed by atoms with E-state index in [0.29, 0.717) is 6.54 Å². The Morgan fingerprint density at radius 1 is 1.21 bits per heavy atom. The van der Waals surface area contributed by atoms with Crippen molar-refractivity contribution in [3.8, 4) is 0 Å². The van der Waals surface area contributed by atoms with Crippen LogP contribution in [0, 0.1) is 5.82 Å². The number of rotatable bonds is 7. The maximum atomic E-state index is 12.8. The Kier molecular flexibility index (Phi) is 5.94. The predicted molar refractivity (Wildman–Crippen MR) is 76.3 cm³/mol. The Balaban J connectivity index is 2.70. The summed E-state index contributed by atoms with van der Waals surface area (Å²) in [5.74, 6) is 0.0812. The van der Waals surface area contributed by atoms with Crippen LogP contribution in [-0.4, -0.2) is 37.4 Å². The van der Waals surface area contributed by atoms with E-state index in [1.807, 2.05) is 13.8 Å². The van der Waals surface area contributed by atoms with Crippen molar-refractivity contribution in [1.29, 1.82) is 0 Å². The second kappa shape index (κ2) is 7.01. The van der Waals surface area contributed by atoms with Gasteiger partial charge in [0.25, 0.3) is 0 Å². The third-order valence-corrected chi connectivity index (χ3v) is 5.13. The SMILES string of the molecule is CCN(Cc1ccc(F)cc1)C(C)CS(=O)(=O)CC. The summed E-state index contributed by atoms with van der Waals surface area (Å²) in [6.45, 7) is 6.98. The summed E-state index contributed by atoms with van der Waals surface area (Å²) < 4.78 is 36.1. The summed E-state index contributed by atoms with van der Waals surface area (Å²) in [7, 11) is -2.97.